The lowest BCUT2D eigenvalue weighted by Gasteiger charge is -2.31. The topological polar surface area (TPSA) is 29.5 Å². The van der Waals surface area contributed by atoms with Crippen LogP contribution >= 0.6 is 0 Å². The van der Waals surface area contributed by atoms with Gasteiger partial charge in [0, 0.05) is 13.0 Å². The molecule has 1 fully saturated rings. The van der Waals surface area contributed by atoms with E-state index in [9.17, 15) is 5.11 Å². The van der Waals surface area contributed by atoms with Gasteiger partial charge < -0.3 is 9.84 Å². The maximum atomic E-state index is 9.76. The van der Waals surface area contributed by atoms with Crippen LogP contribution in [0.5, 0.6) is 0 Å². The molecule has 1 rings (SSSR count). The number of hydrogen-bond acceptors (Lipinski definition) is 2. The quantitative estimate of drug-likeness (QED) is 0.681. The number of hydrogen-bond donors (Lipinski definition) is 1. The SMILES string of the molecule is C=CC(C)(O)CC1CC(C)CCO1. The standard InChI is InChI=1S/C11H20O2/c1-4-11(3,12)8-10-7-9(2)5-6-13-10/h4,9-10,12H,1,5-8H2,2-3H3. The lowest BCUT2D eigenvalue weighted by atomic mass is 9.90. The first-order valence-electron chi connectivity index (χ1n) is 5.01. The van der Waals surface area contributed by atoms with Gasteiger partial charge in [-0.3, -0.25) is 0 Å². The Labute approximate surface area is 80.6 Å². The molecule has 13 heavy (non-hydrogen) atoms. The van der Waals surface area contributed by atoms with E-state index in [-0.39, 0.29) is 6.10 Å². The van der Waals surface area contributed by atoms with Gasteiger partial charge in [0.25, 0.3) is 0 Å². The second kappa shape index (κ2) is 4.25. The van der Waals surface area contributed by atoms with Crippen molar-refractivity contribution in [2.45, 2.75) is 44.8 Å². The number of ether oxygens (including phenoxy) is 1. The van der Waals surface area contributed by atoms with Gasteiger partial charge in [-0.05, 0) is 25.7 Å². The first kappa shape index (κ1) is 10.7. The highest BCUT2D eigenvalue weighted by Crippen LogP contribution is 2.25. The summed E-state index contributed by atoms with van der Waals surface area (Å²) < 4.78 is 5.58. The Morgan fingerprint density at radius 3 is 2.92 bits per heavy atom. The molecule has 3 atom stereocenters. The van der Waals surface area contributed by atoms with Crippen molar-refractivity contribution in [2.24, 2.45) is 5.92 Å². The van der Waals surface area contributed by atoms with Gasteiger partial charge in [0.15, 0.2) is 0 Å². The average molecular weight is 184 g/mol. The van der Waals surface area contributed by atoms with Gasteiger partial charge in [-0.25, -0.2) is 0 Å². The maximum Gasteiger partial charge on any atom is 0.0821 e. The highest BCUT2D eigenvalue weighted by atomic mass is 16.5. The second-order valence-corrected chi connectivity index (χ2v) is 4.39. The summed E-state index contributed by atoms with van der Waals surface area (Å²) in [5.41, 5.74) is -0.776. The van der Waals surface area contributed by atoms with E-state index in [0.717, 1.165) is 25.4 Å². The Hall–Kier alpha value is -0.340. The van der Waals surface area contributed by atoms with Crippen molar-refractivity contribution in [2.75, 3.05) is 6.61 Å². The molecule has 1 saturated heterocycles. The fraction of sp³-hybridized carbons (Fsp3) is 0.818. The average Bonchev–Trinajstić information content (AvgIpc) is 2.03. The lowest BCUT2D eigenvalue weighted by molar-refractivity contribution is -0.0454. The largest absolute Gasteiger partial charge is 0.386 e. The molecule has 1 N–H and O–H groups in total. The molecule has 1 heterocycles. The normalized spacial score (nSPS) is 33.8. The molecule has 0 radical (unpaired) electrons. The van der Waals surface area contributed by atoms with Gasteiger partial charge in [-0.2, -0.15) is 0 Å². The van der Waals surface area contributed by atoms with Gasteiger partial charge in [-0.1, -0.05) is 13.0 Å². The van der Waals surface area contributed by atoms with E-state index >= 15 is 0 Å². The predicted molar refractivity (Wildman–Crippen MR) is 53.6 cm³/mol. The van der Waals surface area contributed by atoms with Crippen LogP contribution in [0.4, 0.5) is 0 Å². The third kappa shape index (κ3) is 3.49. The molecule has 0 spiro atoms. The monoisotopic (exact) mass is 184 g/mol. The first-order chi connectivity index (χ1) is 6.03. The smallest absolute Gasteiger partial charge is 0.0821 e. The van der Waals surface area contributed by atoms with Gasteiger partial charge >= 0.3 is 0 Å². The van der Waals surface area contributed by atoms with Crippen LogP contribution in [-0.2, 0) is 4.74 Å². The van der Waals surface area contributed by atoms with Crippen LogP contribution in [-0.4, -0.2) is 23.4 Å². The molecule has 0 saturated carbocycles. The molecule has 2 heteroatoms. The number of aliphatic hydroxyl groups is 1. The Morgan fingerprint density at radius 2 is 2.38 bits per heavy atom. The molecule has 1 aliphatic heterocycles. The summed E-state index contributed by atoms with van der Waals surface area (Å²) in [6.45, 7) is 8.46. The summed E-state index contributed by atoms with van der Waals surface area (Å²) in [5, 5.41) is 9.76. The minimum atomic E-state index is -0.776. The molecule has 2 nitrogen and oxygen atoms in total. The van der Waals surface area contributed by atoms with E-state index in [1.165, 1.54) is 0 Å². The summed E-state index contributed by atoms with van der Waals surface area (Å²) in [6.07, 6.45) is 4.67. The highest BCUT2D eigenvalue weighted by Gasteiger charge is 2.26. The zero-order valence-corrected chi connectivity index (χ0v) is 8.62. The molecule has 0 bridgehead atoms. The van der Waals surface area contributed by atoms with Crippen molar-refractivity contribution < 1.29 is 9.84 Å². The molecule has 76 valence electrons. The Balaban J connectivity index is 2.39. The van der Waals surface area contributed by atoms with Crippen LogP contribution in [0.3, 0.4) is 0 Å². The fourth-order valence-corrected chi connectivity index (χ4v) is 1.76. The van der Waals surface area contributed by atoms with E-state index in [0.29, 0.717) is 6.42 Å². The summed E-state index contributed by atoms with van der Waals surface area (Å²) in [4.78, 5) is 0. The number of rotatable bonds is 3. The van der Waals surface area contributed by atoms with Crippen molar-refractivity contribution in [1.82, 2.24) is 0 Å². The second-order valence-electron chi connectivity index (χ2n) is 4.39. The predicted octanol–water partition coefficient (Wildman–Crippen LogP) is 2.13. The minimum Gasteiger partial charge on any atom is -0.386 e. The summed E-state index contributed by atoms with van der Waals surface area (Å²) in [5.74, 6) is 0.722. The Bertz CT molecular complexity index is 175. The van der Waals surface area contributed by atoms with Crippen LogP contribution < -0.4 is 0 Å². The zero-order chi connectivity index (χ0) is 9.90. The van der Waals surface area contributed by atoms with Crippen LogP contribution in [0.2, 0.25) is 0 Å². The van der Waals surface area contributed by atoms with Gasteiger partial charge in [-0.15, -0.1) is 6.58 Å². The van der Waals surface area contributed by atoms with E-state index in [2.05, 4.69) is 13.5 Å². The molecular formula is C11H20O2. The highest BCUT2D eigenvalue weighted by molar-refractivity contribution is 4.94. The van der Waals surface area contributed by atoms with E-state index < -0.39 is 5.60 Å². The lowest BCUT2D eigenvalue weighted by Crippen LogP contribution is -2.33. The van der Waals surface area contributed by atoms with Crippen LogP contribution in [0, 0.1) is 5.92 Å². The van der Waals surface area contributed by atoms with E-state index in [1.807, 2.05) is 0 Å². The zero-order valence-electron chi connectivity index (χ0n) is 8.62. The Kier molecular flexibility index (Phi) is 3.51. The van der Waals surface area contributed by atoms with Crippen LogP contribution in [0.15, 0.2) is 12.7 Å². The molecule has 0 amide bonds. The summed E-state index contributed by atoms with van der Waals surface area (Å²) in [7, 11) is 0. The summed E-state index contributed by atoms with van der Waals surface area (Å²) >= 11 is 0. The fourth-order valence-electron chi connectivity index (χ4n) is 1.76. The van der Waals surface area contributed by atoms with Crippen LogP contribution in [0.25, 0.3) is 0 Å². The van der Waals surface area contributed by atoms with Crippen molar-refractivity contribution in [1.29, 1.82) is 0 Å². The molecule has 0 aromatic heterocycles. The van der Waals surface area contributed by atoms with Gasteiger partial charge in [0.2, 0.25) is 0 Å². The first-order valence-corrected chi connectivity index (χ1v) is 5.01. The van der Waals surface area contributed by atoms with Crippen molar-refractivity contribution >= 4 is 0 Å². The van der Waals surface area contributed by atoms with Crippen molar-refractivity contribution in [3.8, 4) is 0 Å². The van der Waals surface area contributed by atoms with Crippen LogP contribution in [0.1, 0.15) is 33.1 Å². The molecule has 0 aliphatic carbocycles. The molecule has 3 unspecified atom stereocenters. The Morgan fingerprint density at radius 1 is 1.69 bits per heavy atom. The molecule has 0 aromatic rings. The van der Waals surface area contributed by atoms with Gasteiger partial charge in [0.05, 0.1) is 11.7 Å². The third-order valence-electron chi connectivity index (χ3n) is 2.71. The van der Waals surface area contributed by atoms with Crippen molar-refractivity contribution in [3.05, 3.63) is 12.7 Å². The summed E-state index contributed by atoms with van der Waals surface area (Å²) in [6, 6.07) is 0. The van der Waals surface area contributed by atoms with Crippen molar-refractivity contribution in [3.63, 3.8) is 0 Å². The molecule has 1 aliphatic rings. The molecular weight excluding hydrogens is 164 g/mol. The maximum absolute atomic E-state index is 9.76. The minimum absolute atomic E-state index is 0.205. The van der Waals surface area contributed by atoms with Gasteiger partial charge in [0.1, 0.15) is 0 Å². The van der Waals surface area contributed by atoms with E-state index in [1.54, 1.807) is 13.0 Å². The third-order valence-corrected chi connectivity index (χ3v) is 2.71. The molecule has 0 aromatic carbocycles. The van der Waals surface area contributed by atoms with E-state index in [4.69, 9.17) is 4.74 Å².